The number of aromatic nitrogens is 6. The van der Waals surface area contributed by atoms with Crippen molar-refractivity contribution in [3.63, 3.8) is 0 Å². The summed E-state index contributed by atoms with van der Waals surface area (Å²) in [5.41, 5.74) is 5.50. The Labute approximate surface area is 395 Å². The number of carbonyl (C=O) groups excluding carboxylic acids is 2. The molecule has 0 fully saturated rings. The van der Waals surface area contributed by atoms with Gasteiger partial charge in [-0.3, -0.25) is 9.59 Å². The first kappa shape index (κ1) is 51.4. The Bertz CT molecular complexity index is 2550. The number of fused-ring (bicyclic) bond motifs is 2. The second kappa shape index (κ2) is 23.3. The molecule has 6 rings (SSSR count). The van der Waals surface area contributed by atoms with E-state index in [1.54, 1.807) is 12.1 Å². The standard InChI is InChI=1S/C50H64N6O12/c1-49(2,3)37-23-32(25-43(47(37)62)55-51-39-11-7-8-12-40(39)52-55)15-17-45(60)67-29-34(58)27-36(66-22-21-64-20-19-57)31-65-28-35(59)30-68-46(61)18-16-33-24-38(50(4,5)6)48(63)44(26-33)56-53-41-13-9-10-14-42(41)54-56/h7-14,23-26,34-36,57-59,62-63H,15-22,27-31H2,1-6H3. The van der Waals surface area contributed by atoms with Gasteiger partial charge in [0, 0.05) is 30.4 Å². The molecule has 0 amide bonds. The molecule has 0 radical (unpaired) electrons. The van der Waals surface area contributed by atoms with E-state index in [1.807, 2.05) is 102 Å². The lowest BCUT2D eigenvalue weighted by Crippen LogP contribution is -2.32. The average Bonchev–Trinajstić information content (AvgIpc) is 3.93. The Kier molecular flexibility index (Phi) is 17.6. The maximum absolute atomic E-state index is 12.9. The predicted molar refractivity (Wildman–Crippen MR) is 252 cm³/mol. The third-order valence-corrected chi connectivity index (χ3v) is 11.0. The lowest BCUT2D eigenvalue weighted by molar-refractivity contribution is -0.148. The van der Waals surface area contributed by atoms with Gasteiger partial charge in [0.05, 0.1) is 51.8 Å². The molecule has 3 atom stereocenters. The zero-order chi connectivity index (χ0) is 49.0. The molecule has 366 valence electrons. The number of rotatable bonds is 24. The van der Waals surface area contributed by atoms with Crippen molar-refractivity contribution >= 4 is 34.0 Å². The van der Waals surface area contributed by atoms with Crippen LogP contribution in [0.3, 0.4) is 0 Å². The maximum atomic E-state index is 12.9. The number of hydrogen-bond acceptors (Lipinski definition) is 16. The van der Waals surface area contributed by atoms with E-state index in [1.165, 1.54) is 9.59 Å². The van der Waals surface area contributed by atoms with Gasteiger partial charge in [-0.25, -0.2) is 0 Å². The lowest BCUT2D eigenvalue weighted by atomic mass is 9.84. The highest BCUT2D eigenvalue weighted by atomic mass is 16.6. The number of phenolic OH excluding ortho intramolecular Hbond substituents is 2. The van der Waals surface area contributed by atoms with Crippen LogP contribution in [0.4, 0.5) is 0 Å². The summed E-state index contributed by atoms with van der Waals surface area (Å²) < 4.78 is 27.7. The summed E-state index contributed by atoms with van der Waals surface area (Å²) in [5, 5.41) is 71.2. The van der Waals surface area contributed by atoms with E-state index in [4.69, 9.17) is 28.8 Å². The molecule has 4 aromatic carbocycles. The SMILES string of the molecule is CC(C)(C)c1cc(CCC(=O)OCC(O)COCC(CC(O)COC(=O)CCc2cc(-n3nc4ccccc4n3)c(O)c(C(C)(C)C)c2)OCCOCCO)cc(-n2nc3ccccc3n2)c1O. The van der Waals surface area contributed by atoms with E-state index in [-0.39, 0.29) is 90.0 Å². The van der Waals surface area contributed by atoms with E-state index < -0.39 is 41.1 Å². The number of aliphatic hydroxyl groups excluding tert-OH is 3. The molecule has 0 aliphatic heterocycles. The molecule has 0 aliphatic rings. The van der Waals surface area contributed by atoms with Crippen LogP contribution < -0.4 is 0 Å². The topological polar surface area (TPSA) is 243 Å². The van der Waals surface area contributed by atoms with Crippen molar-refractivity contribution in [2.45, 2.75) is 103 Å². The molecular weight excluding hydrogens is 877 g/mol. The summed E-state index contributed by atoms with van der Waals surface area (Å²) in [4.78, 5) is 28.6. The van der Waals surface area contributed by atoms with Gasteiger partial charge in [-0.05, 0) is 71.2 Å². The number of esters is 2. The Hall–Kier alpha value is -6.02. The third-order valence-electron chi connectivity index (χ3n) is 11.0. The van der Waals surface area contributed by atoms with E-state index in [2.05, 4.69) is 20.4 Å². The second-order valence-electron chi connectivity index (χ2n) is 18.8. The van der Waals surface area contributed by atoms with Crippen molar-refractivity contribution < 1.29 is 58.8 Å². The molecule has 68 heavy (non-hydrogen) atoms. The number of benzene rings is 4. The number of nitrogens with zero attached hydrogens (tertiary/aromatic N) is 6. The minimum atomic E-state index is -1.16. The Morgan fingerprint density at radius 2 is 1.03 bits per heavy atom. The van der Waals surface area contributed by atoms with Crippen LogP contribution in [0, 0.1) is 0 Å². The molecule has 18 nitrogen and oxygen atoms in total. The van der Waals surface area contributed by atoms with Crippen LogP contribution in [-0.4, -0.2) is 139 Å². The molecule has 18 heteroatoms. The predicted octanol–water partition coefficient (Wildman–Crippen LogP) is 5.34. The van der Waals surface area contributed by atoms with Gasteiger partial charge in [-0.2, -0.15) is 0 Å². The smallest absolute Gasteiger partial charge is 0.306 e. The fourth-order valence-corrected chi connectivity index (χ4v) is 7.42. The number of phenols is 2. The van der Waals surface area contributed by atoms with Gasteiger partial charge in [0.2, 0.25) is 0 Å². The molecular formula is C50H64N6O12. The highest BCUT2D eigenvalue weighted by Gasteiger charge is 2.26. The van der Waals surface area contributed by atoms with Crippen molar-refractivity contribution in [3.8, 4) is 22.9 Å². The first-order valence-corrected chi connectivity index (χ1v) is 22.8. The van der Waals surface area contributed by atoms with E-state index in [0.717, 1.165) is 11.1 Å². The minimum Gasteiger partial charge on any atom is -0.505 e. The van der Waals surface area contributed by atoms with Crippen LogP contribution in [0.2, 0.25) is 0 Å². The van der Waals surface area contributed by atoms with E-state index in [0.29, 0.717) is 51.0 Å². The number of carbonyl (C=O) groups is 2. The largest absolute Gasteiger partial charge is 0.505 e. The average molecular weight is 941 g/mol. The van der Waals surface area contributed by atoms with Gasteiger partial charge in [-0.15, -0.1) is 30.0 Å². The van der Waals surface area contributed by atoms with Crippen LogP contribution in [0.15, 0.2) is 72.8 Å². The summed E-state index contributed by atoms with van der Waals surface area (Å²) in [6.07, 6.45) is -2.38. The van der Waals surface area contributed by atoms with Crippen LogP contribution in [0.1, 0.15) is 83.1 Å². The van der Waals surface area contributed by atoms with Crippen molar-refractivity contribution in [1.29, 1.82) is 0 Å². The molecule has 6 aromatic rings. The Balaban J connectivity index is 0.966. The van der Waals surface area contributed by atoms with E-state index in [9.17, 15) is 30.0 Å². The fourth-order valence-electron chi connectivity index (χ4n) is 7.42. The summed E-state index contributed by atoms with van der Waals surface area (Å²) >= 11 is 0. The first-order chi connectivity index (χ1) is 32.4. The zero-order valence-corrected chi connectivity index (χ0v) is 39.6. The normalized spacial score (nSPS) is 13.5. The number of ether oxygens (including phenoxy) is 5. The van der Waals surface area contributed by atoms with Crippen LogP contribution in [0.25, 0.3) is 33.4 Å². The maximum Gasteiger partial charge on any atom is 0.306 e. The Morgan fingerprint density at radius 3 is 1.46 bits per heavy atom. The summed E-state index contributed by atoms with van der Waals surface area (Å²) in [7, 11) is 0. The van der Waals surface area contributed by atoms with Gasteiger partial charge in [0.25, 0.3) is 0 Å². The highest BCUT2D eigenvalue weighted by molar-refractivity contribution is 5.75. The van der Waals surface area contributed by atoms with Crippen molar-refractivity contribution in [3.05, 3.63) is 95.1 Å². The van der Waals surface area contributed by atoms with E-state index >= 15 is 0 Å². The van der Waals surface area contributed by atoms with Crippen molar-refractivity contribution in [1.82, 2.24) is 30.0 Å². The monoisotopic (exact) mass is 940 g/mol. The Morgan fingerprint density at radius 1 is 0.588 bits per heavy atom. The quantitative estimate of drug-likeness (QED) is 0.0380. The van der Waals surface area contributed by atoms with Gasteiger partial charge < -0.3 is 49.2 Å². The summed E-state index contributed by atoms with van der Waals surface area (Å²) in [6.45, 7) is 11.2. The van der Waals surface area contributed by atoms with Gasteiger partial charge in [-0.1, -0.05) is 77.9 Å². The summed E-state index contributed by atoms with van der Waals surface area (Å²) in [6, 6.07) is 22.0. The molecule has 0 saturated carbocycles. The summed E-state index contributed by atoms with van der Waals surface area (Å²) in [5.74, 6) is -0.975. The number of aryl methyl sites for hydroxylation is 2. The molecule has 0 saturated heterocycles. The molecule has 3 unspecified atom stereocenters. The molecule has 0 bridgehead atoms. The van der Waals surface area contributed by atoms with Crippen LogP contribution >= 0.6 is 0 Å². The molecule has 2 aromatic heterocycles. The fraction of sp³-hybridized carbons (Fsp3) is 0.480. The van der Waals surface area contributed by atoms with Crippen LogP contribution in [0.5, 0.6) is 11.5 Å². The van der Waals surface area contributed by atoms with Crippen molar-refractivity contribution in [2.24, 2.45) is 0 Å². The lowest BCUT2D eigenvalue weighted by Gasteiger charge is -2.23. The number of hydrogen-bond donors (Lipinski definition) is 5. The molecule has 2 heterocycles. The first-order valence-electron chi connectivity index (χ1n) is 22.8. The third kappa shape index (κ3) is 14.3. The van der Waals surface area contributed by atoms with Gasteiger partial charge in [0.1, 0.15) is 64.3 Å². The molecule has 0 spiro atoms. The second-order valence-corrected chi connectivity index (χ2v) is 18.8. The van der Waals surface area contributed by atoms with Gasteiger partial charge in [0.15, 0.2) is 0 Å². The van der Waals surface area contributed by atoms with Crippen LogP contribution in [-0.2, 0) is 56.9 Å². The highest BCUT2D eigenvalue weighted by Crippen LogP contribution is 2.38. The molecule has 0 aliphatic carbocycles. The minimum absolute atomic E-state index is 0.000132. The number of aliphatic hydroxyl groups is 3. The molecule has 5 N–H and O–H groups in total. The van der Waals surface area contributed by atoms with Gasteiger partial charge >= 0.3 is 11.9 Å². The zero-order valence-electron chi connectivity index (χ0n) is 39.6. The van der Waals surface area contributed by atoms with Crippen molar-refractivity contribution in [2.75, 3.05) is 52.9 Å². The number of aromatic hydroxyl groups is 2.